The van der Waals surface area contributed by atoms with Crippen LogP contribution < -0.4 is 5.73 Å². The molecule has 0 aliphatic carbocycles. The number of hydrogen-bond acceptors (Lipinski definition) is 3. The van der Waals surface area contributed by atoms with Gasteiger partial charge >= 0.3 is 0 Å². The average molecular weight is 279 g/mol. The molecular formula is C15H19ClN2O. The SMILES string of the molecule is CC(c1cccc(Cl)c1)N(C)Cc1ccoc1CN. The number of furan rings is 1. The third-order valence-corrected chi connectivity index (χ3v) is 3.67. The summed E-state index contributed by atoms with van der Waals surface area (Å²) in [6, 6.07) is 10.2. The van der Waals surface area contributed by atoms with Gasteiger partial charge in [-0.1, -0.05) is 23.7 Å². The van der Waals surface area contributed by atoms with Crippen LogP contribution in [-0.2, 0) is 13.1 Å². The highest BCUT2D eigenvalue weighted by atomic mass is 35.5. The van der Waals surface area contributed by atoms with E-state index < -0.39 is 0 Å². The van der Waals surface area contributed by atoms with E-state index in [9.17, 15) is 0 Å². The van der Waals surface area contributed by atoms with E-state index in [2.05, 4.69) is 24.9 Å². The minimum atomic E-state index is 0.277. The normalized spacial score (nSPS) is 12.9. The van der Waals surface area contributed by atoms with E-state index in [-0.39, 0.29) is 6.04 Å². The Hall–Kier alpha value is -1.29. The van der Waals surface area contributed by atoms with Crippen molar-refractivity contribution in [1.82, 2.24) is 4.90 Å². The lowest BCUT2D eigenvalue weighted by Gasteiger charge is -2.25. The fourth-order valence-electron chi connectivity index (χ4n) is 2.11. The minimum Gasteiger partial charge on any atom is -0.468 e. The Morgan fingerprint density at radius 2 is 2.16 bits per heavy atom. The summed E-state index contributed by atoms with van der Waals surface area (Å²) in [5.74, 6) is 0.852. The minimum absolute atomic E-state index is 0.277. The monoisotopic (exact) mass is 278 g/mol. The highest BCUT2D eigenvalue weighted by Crippen LogP contribution is 2.24. The van der Waals surface area contributed by atoms with E-state index in [0.717, 1.165) is 22.9 Å². The Kier molecular flexibility index (Phi) is 4.64. The van der Waals surface area contributed by atoms with Crippen molar-refractivity contribution in [3.05, 3.63) is 58.5 Å². The summed E-state index contributed by atoms with van der Waals surface area (Å²) in [6.07, 6.45) is 1.69. The first-order valence-electron chi connectivity index (χ1n) is 6.33. The van der Waals surface area contributed by atoms with Crippen LogP contribution in [0.5, 0.6) is 0 Å². The number of nitrogens with two attached hydrogens (primary N) is 1. The largest absolute Gasteiger partial charge is 0.468 e. The predicted octanol–water partition coefficient (Wildman–Crippen LogP) is 3.58. The first-order valence-corrected chi connectivity index (χ1v) is 6.70. The molecule has 2 N–H and O–H groups in total. The molecule has 0 saturated carbocycles. The van der Waals surface area contributed by atoms with Crippen LogP contribution in [0.15, 0.2) is 41.0 Å². The fourth-order valence-corrected chi connectivity index (χ4v) is 2.31. The van der Waals surface area contributed by atoms with Crippen LogP contribution >= 0.6 is 11.6 Å². The molecule has 1 aromatic heterocycles. The Morgan fingerprint density at radius 3 is 2.84 bits per heavy atom. The van der Waals surface area contributed by atoms with Crippen molar-refractivity contribution >= 4 is 11.6 Å². The third-order valence-electron chi connectivity index (χ3n) is 3.44. The van der Waals surface area contributed by atoms with Gasteiger partial charge in [0.25, 0.3) is 0 Å². The molecule has 102 valence electrons. The van der Waals surface area contributed by atoms with E-state index in [1.807, 2.05) is 24.3 Å². The summed E-state index contributed by atoms with van der Waals surface area (Å²) < 4.78 is 5.35. The van der Waals surface area contributed by atoms with Crippen LogP contribution in [0, 0.1) is 0 Å². The molecule has 4 heteroatoms. The van der Waals surface area contributed by atoms with E-state index in [1.54, 1.807) is 6.26 Å². The summed E-state index contributed by atoms with van der Waals surface area (Å²) in [4.78, 5) is 2.25. The maximum Gasteiger partial charge on any atom is 0.121 e. The molecule has 0 aliphatic rings. The van der Waals surface area contributed by atoms with Gasteiger partial charge in [-0.3, -0.25) is 4.90 Å². The van der Waals surface area contributed by atoms with Gasteiger partial charge < -0.3 is 10.2 Å². The second kappa shape index (κ2) is 6.24. The van der Waals surface area contributed by atoms with Gasteiger partial charge in [0.15, 0.2) is 0 Å². The van der Waals surface area contributed by atoms with Crippen LogP contribution in [0.25, 0.3) is 0 Å². The fraction of sp³-hybridized carbons (Fsp3) is 0.333. The zero-order chi connectivity index (χ0) is 13.8. The van der Waals surface area contributed by atoms with Crippen LogP contribution in [-0.4, -0.2) is 11.9 Å². The molecule has 0 saturated heterocycles. The lowest BCUT2D eigenvalue weighted by atomic mass is 10.1. The van der Waals surface area contributed by atoms with Gasteiger partial charge in [0.05, 0.1) is 12.8 Å². The Morgan fingerprint density at radius 1 is 1.37 bits per heavy atom. The molecular weight excluding hydrogens is 260 g/mol. The molecule has 1 heterocycles. The van der Waals surface area contributed by atoms with Gasteiger partial charge in [-0.25, -0.2) is 0 Å². The predicted molar refractivity (Wildman–Crippen MR) is 77.9 cm³/mol. The van der Waals surface area contributed by atoms with Gasteiger partial charge in [-0.05, 0) is 37.7 Å². The molecule has 3 nitrogen and oxygen atoms in total. The molecule has 0 radical (unpaired) electrons. The summed E-state index contributed by atoms with van der Waals surface area (Å²) >= 11 is 6.03. The number of hydrogen-bond donors (Lipinski definition) is 1. The maximum atomic E-state index is 6.03. The van der Waals surface area contributed by atoms with Gasteiger partial charge in [-0.2, -0.15) is 0 Å². The van der Waals surface area contributed by atoms with Crippen LogP contribution in [0.1, 0.15) is 29.9 Å². The molecule has 19 heavy (non-hydrogen) atoms. The van der Waals surface area contributed by atoms with Crippen molar-refractivity contribution < 1.29 is 4.42 Å². The lowest BCUT2D eigenvalue weighted by Crippen LogP contribution is -2.22. The van der Waals surface area contributed by atoms with Crippen molar-refractivity contribution in [2.24, 2.45) is 5.73 Å². The van der Waals surface area contributed by atoms with Crippen LogP contribution in [0.2, 0.25) is 5.02 Å². The molecule has 0 aliphatic heterocycles. The highest BCUT2D eigenvalue weighted by Gasteiger charge is 2.14. The standard InChI is InChI=1S/C15H19ClN2O/c1-11(12-4-3-5-14(16)8-12)18(2)10-13-6-7-19-15(13)9-17/h3-8,11H,9-10,17H2,1-2H3. The molecule has 1 atom stereocenters. The van der Waals surface area contributed by atoms with Crippen LogP contribution in [0.3, 0.4) is 0 Å². The molecule has 2 aromatic rings. The topological polar surface area (TPSA) is 42.4 Å². The molecule has 1 aromatic carbocycles. The zero-order valence-electron chi connectivity index (χ0n) is 11.3. The molecule has 0 amide bonds. The number of rotatable bonds is 5. The molecule has 0 spiro atoms. The first kappa shape index (κ1) is 14.1. The van der Waals surface area contributed by atoms with Crippen molar-refractivity contribution in [2.75, 3.05) is 7.05 Å². The second-order valence-electron chi connectivity index (χ2n) is 4.72. The Balaban J connectivity index is 2.09. The van der Waals surface area contributed by atoms with Crippen molar-refractivity contribution in [3.63, 3.8) is 0 Å². The van der Waals surface area contributed by atoms with Crippen molar-refractivity contribution in [1.29, 1.82) is 0 Å². The molecule has 1 unspecified atom stereocenters. The van der Waals surface area contributed by atoms with Gasteiger partial charge in [0.1, 0.15) is 5.76 Å². The van der Waals surface area contributed by atoms with Crippen molar-refractivity contribution in [2.45, 2.75) is 26.1 Å². The maximum absolute atomic E-state index is 6.03. The highest BCUT2D eigenvalue weighted by molar-refractivity contribution is 6.30. The first-order chi connectivity index (χ1) is 9.11. The van der Waals surface area contributed by atoms with E-state index in [0.29, 0.717) is 6.54 Å². The molecule has 2 rings (SSSR count). The number of nitrogens with zero attached hydrogens (tertiary/aromatic N) is 1. The molecule has 0 bridgehead atoms. The van der Waals surface area contributed by atoms with E-state index in [4.69, 9.17) is 21.8 Å². The smallest absolute Gasteiger partial charge is 0.121 e. The average Bonchev–Trinajstić information content (AvgIpc) is 2.85. The number of benzene rings is 1. The van der Waals surface area contributed by atoms with E-state index in [1.165, 1.54) is 5.56 Å². The molecule has 0 fully saturated rings. The Labute approximate surface area is 119 Å². The summed E-state index contributed by atoms with van der Waals surface area (Å²) in [7, 11) is 2.08. The third kappa shape index (κ3) is 3.38. The summed E-state index contributed by atoms with van der Waals surface area (Å²) in [5, 5.41) is 0.767. The number of halogens is 1. The van der Waals surface area contributed by atoms with Crippen molar-refractivity contribution in [3.8, 4) is 0 Å². The van der Waals surface area contributed by atoms with Crippen LogP contribution in [0.4, 0.5) is 0 Å². The summed E-state index contributed by atoms with van der Waals surface area (Å²) in [5.41, 5.74) is 7.99. The second-order valence-corrected chi connectivity index (χ2v) is 5.16. The zero-order valence-corrected chi connectivity index (χ0v) is 12.0. The Bertz CT molecular complexity index is 538. The van der Waals surface area contributed by atoms with Gasteiger partial charge in [0, 0.05) is 23.2 Å². The van der Waals surface area contributed by atoms with E-state index >= 15 is 0 Å². The summed E-state index contributed by atoms with van der Waals surface area (Å²) in [6.45, 7) is 3.40. The lowest BCUT2D eigenvalue weighted by molar-refractivity contribution is 0.251. The van der Waals surface area contributed by atoms with Gasteiger partial charge in [0.2, 0.25) is 0 Å². The van der Waals surface area contributed by atoms with Gasteiger partial charge in [-0.15, -0.1) is 0 Å². The quantitative estimate of drug-likeness (QED) is 0.909.